The van der Waals surface area contributed by atoms with Gasteiger partial charge in [-0.25, -0.2) is 0 Å². The van der Waals surface area contributed by atoms with Crippen LogP contribution in [0.3, 0.4) is 0 Å². The standard InChI is InChI=1S/C39H26/c1-2-11-26(12-3-1)23-29-24-36-35-22-21-28-14-5-7-18-32(28)39(35)38(25-37(36)33-19-9-8-17-31(29)33)34-20-10-15-27-13-4-6-16-30(27)34/h1-22,24-25H,23H2. The summed E-state index contributed by atoms with van der Waals surface area (Å²) in [5, 5.41) is 13.1. The van der Waals surface area contributed by atoms with Crippen LogP contribution < -0.4 is 0 Å². The number of fused-ring (bicyclic) bond motifs is 8. The average Bonchev–Trinajstić information content (AvgIpc) is 3.01. The lowest BCUT2D eigenvalue weighted by Gasteiger charge is -2.18. The highest BCUT2D eigenvalue weighted by atomic mass is 14.2. The van der Waals surface area contributed by atoms with Crippen molar-refractivity contribution < 1.29 is 0 Å². The number of hydrogen-bond donors (Lipinski definition) is 0. The molecule has 0 unspecified atom stereocenters. The summed E-state index contributed by atoms with van der Waals surface area (Å²) >= 11 is 0. The minimum atomic E-state index is 0.914. The molecular weight excluding hydrogens is 468 g/mol. The van der Waals surface area contributed by atoms with Crippen LogP contribution in [0.15, 0.2) is 146 Å². The molecule has 0 saturated heterocycles. The maximum atomic E-state index is 2.46. The third-order valence-corrected chi connectivity index (χ3v) is 8.27. The molecule has 0 spiro atoms. The van der Waals surface area contributed by atoms with E-state index in [-0.39, 0.29) is 0 Å². The molecule has 0 amide bonds. The van der Waals surface area contributed by atoms with Crippen LogP contribution in [0.1, 0.15) is 11.1 Å². The maximum Gasteiger partial charge on any atom is -0.00194 e. The zero-order valence-electron chi connectivity index (χ0n) is 21.6. The second-order valence-electron chi connectivity index (χ2n) is 10.5. The maximum absolute atomic E-state index is 2.46. The molecular formula is C39H26. The van der Waals surface area contributed by atoms with E-state index in [4.69, 9.17) is 0 Å². The molecule has 0 saturated carbocycles. The van der Waals surface area contributed by atoms with Crippen LogP contribution in [0.25, 0.3) is 65.0 Å². The van der Waals surface area contributed by atoms with Gasteiger partial charge in [0, 0.05) is 0 Å². The van der Waals surface area contributed by atoms with E-state index in [0.717, 1.165) is 6.42 Å². The molecule has 0 bridgehead atoms. The van der Waals surface area contributed by atoms with Crippen molar-refractivity contribution in [1.29, 1.82) is 0 Å². The molecule has 0 aromatic heterocycles. The van der Waals surface area contributed by atoms with E-state index in [0.29, 0.717) is 0 Å². The molecule has 0 aliphatic heterocycles. The van der Waals surface area contributed by atoms with Gasteiger partial charge in [0.05, 0.1) is 0 Å². The van der Waals surface area contributed by atoms with Crippen molar-refractivity contribution in [2.75, 3.05) is 0 Å². The quantitative estimate of drug-likeness (QED) is 0.214. The van der Waals surface area contributed by atoms with Gasteiger partial charge in [0.25, 0.3) is 0 Å². The van der Waals surface area contributed by atoms with Gasteiger partial charge < -0.3 is 0 Å². The van der Waals surface area contributed by atoms with Gasteiger partial charge in [-0.3, -0.25) is 0 Å². The Kier molecular flexibility index (Phi) is 5.00. The predicted octanol–water partition coefficient (Wildman–Crippen LogP) is 10.7. The molecule has 0 N–H and O–H groups in total. The minimum absolute atomic E-state index is 0.914. The Labute approximate surface area is 227 Å². The SMILES string of the molecule is c1ccc(Cc2cc3c(cc(-c4cccc5ccccc45)c4c5ccccc5ccc34)c3ccccc23)cc1. The van der Waals surface area contributed by atoms with Crippen molar-refractivity contribution in [2.24, 2.45) is 0 Å². The summed E-state index contributed by atoms with van der Waals surface area (Å²) in [7, 11) is 0. The van der Waals surface area contributed by atoms with E-state index in [1.807, 2.05) is 0 Å². The minimum Gasteiger partial charge on any atom is -0.0622 e. The molecule has 8 aromatic rings. The summed E-state index contributed by atoms with van der Waals surface area (Å²) in [6.45, 7) is 0. The summed E-state index contributed by atoms with van der Waals surface area (Å²) in [4.78, 5) is 0. The van der Waals surface area contributed by atoms with E-state index in [1.54, 1.807) is 0 Å². The summed E-state index contributed by atoms with van der Waals surface area (Å²) < 4.78 is 0. The van der Waals surface area contributed by atoms with Gasteiger partial charge in [-0.15, -0.1) is 0 Å². The molecule has 8 aromatic carbocycles. The number of benzene rings is 8. The highest BCUT2D eigenvalue weighted by Crippen LogP contribution is 2.43. The molecule has 0 nitrogen and oxygen atoms in total. The Morgan fingerprint density at radius 3 is 1.77 bits per heavy atom. The van der Waals surface area contributed by atoms with E-state index in [1.165, 1.54) is 76.1 Å². The molecule has 182 valence electrons. The molecule has 0 heteroatoms. The zero-order chi connectivity index (χ0) is 25.8. The van der Waals surface area contributed by atoms with Crippen LogP contribution in [0.4, 0.5) is 0 Å². The third kappa shape index (κ3) is 3.53. The van der Waals surface area contributed by atoms with Gasteiger partial charge in [-0.05, 0) is 94.7 Å². The number of hydrogen-bond acceptors (Lipinski definition) is 0. The Balaban J connectivity index is 1.56. The van der Waals surface area contributed by atoms with Crippen LogP contribution >= 0.6 is 0 Å². The fourth-order valence-corrected chi connectivity index (χ4v) is 6.49. The second-order valence-corrected chi connectivity index (χ2v) is 10.5. The lowest BCUT2D eigenvalue weighted by molar-refractivity contribution is 1.22. The third-order valence-electron chi connectivity index (χ3n) is 8.27. The van der Waals surface area contributed by atoms with Crippen molar-refractivity contribution >= 4 is 53.9 Å². The highest BCUT2D eigenvalue weighted by Gasteiger charge is 2.17. The van der Waals surface area contributed by atoms with E-state index in [9.17, 15) is 0 Å². The van der Waals surface area contributed by atoms with Crippen molar-refractivity contribution in [3.63, 3.8) is 0 Å². The van der Waals surface area contributed by atoms with Crippen LogP contribution in [0.5, 0.6) is 0 Å². The lowest BCUT2D eigenvalue weighted by atomic mass is 9.85. The summed E-state index contributed by atoms with van der Waals surface area (Å²) in [5.41, 5.74) is 5.29. The summed E-state index contributed by atoms with van der Waals surface area (Å²) in [5.74, 6) is 0. The van der Waals surface area contributed by atoms with Gasteiger partial charge in [0.1, 0.15) is 0 Å². The first-order chi connectivity index (χ1) is 19.3. The highest BCUT2D eigenvalue weighted by molar-refractivity contribution is 6.28. The van der Waals surface area contributed by atoms with E-state index < -0.39 is 0 Å². The monoisotopic (exact) mass is 494 g/mol. The predicted molar refractivity (Wildman–Crippen MR) is 169 cm³/mol. The Bertz CT molecular complexity index is 2180. The topological polar surface area (TPSA) is 0 Å². The average molecular weight is 495 g/mol. The van der Waals surface area contributed by atoms with E-state index >= 15 is 0 Å². The Morgan fingerprint density at radius 1 is 0.333 bits per heavy atom. The van der Waals surface area contributed by atoms with Crippen molar-refractivity contribution in [3.05, 3.63) is 157 Å². The Hall–Kier alpha value is -4.94. The molecule has 0 fully saturated rings. The van der Waals surface area contributed by atoms with Gasteiger partial charge in [0.15, 0.2) is 0 Å². The zero-order valence-corrected chi connectivity index (χ0v) is 21.6. The molecule has 0 atom stereocenters. The van der Waals surface area contributed by atoms with Crippen LogP contribution in [-0.4, -0.2) is 0 Å². The second kappa shape index (κ2) is 8.82. The summed E-state index contributed by atoms with van der Waals surface area (Å²) in [6, 6.07) is 53.6. The van der Waals surface area contributed by atoms with Gasteiger partial charge >= 0.3 is 0 Å². The molecule has 0 aliphatic rings. The first-order valence-corrected chi connectivity index (χ1v) is 13.7. The first kappa shape index (κ1) is 22.1. The van der Waals surface area contributed by atoms with Gasteiger partial charge in [-0.2, -0.15) is 0 Å². The first-order valence-electron chi connectivity index (χ1n) is 13.7. The molecule has 0 radical (unpaired) electrons. The molecule has 0 aliphatic carbocycles. The molecule has 8 rings (SSSR count). The van der Waals surface area contributed by atoms with Gasteiger partial charge in [-0.1, -0.05) is 133 Å². The van der Waals surface area contributed by atoms with Crippen LogP contribution in [0.2, 0.25) is 0 Å². The fourth-order valence-electron chi connectivity index (χ4n) is 6.49. The normalized spacial score (nSPS) is 11.7. The van der Waals surface area contributed by atoms with Crippen molar-refractivity contribution in [2.45, 2.75) is 6.42 Å². The summed E-state index contributed by atoms with van der Waals surface area (Å²) in [6.07, 6.45) is 0.914. The van der Waals surface area contributed by atoms with Crippen LogP contribution in [-0.2, 0) is 6.42 Å². The smallest absolute Gasteiger partial charge is 0.00194 e. The van der Waals surface area contributed by atoms with Gasteiger partial charge in [0.2, 0.25) is 0 Å². The number of rotatable bonds is 3. The Morgan fingerprint density at radius 2 is 0.949 bits per heavy atom. The van der Waals surface area contributed by atoms with Crippen LogP contribution in [0, 0.1) is 0 Å². The lowest BCUT2D eigenvalue weighted by Crippen LogP contribution is -1.94. The fraction of sp³-hybridized carbons (Fsp3) is 0.0256. The van der Waals surface area contributed by atoms with Crippen molar-refractivity contribution in [1.82, 2.24) is 0 Å². The molecule has 39 heavy (non-hydrogen) atoms. The largest absolute Gasteiger partial charge is 0.0622 e. The van der Waals surface area contributed by atoms with Crippen molar-refractivity contribution in [3.8, 4) is 11.1 Å². The van der Waals surface area contributed by atoms with E-state index in [2.05, 4.69) is 146 Å². The molecule has 0 heterocycles.